The van der Waals surface area contributed by atoms with E-state index in [1.807, 2.05) is 0 Å². The van der Waals surface area contributed by atoms with E-state index in [0.717, 1.165) is 12.1 Å². The zero-order chi connectivity index (χ0) is 13.3. The lowest BCUT2D eigenvalue weighted by molar-refractivity contribution is -0.117. The first-order valence-corrected chi connectivity index (χ1v) is 6.14. The molecule has 1 unspecified atom stereocenters. The van der Waals surface area contributed by atoms with Gasteiger partial charge in [0.25, 0.3) is 0 Å². The quantitative estimate of drug-likeness (QED) is 0.856. The Morgan fingerprint density at radius 2 is 2.11 bits per heavy atom. The number of carbonyl (C=O) groups excluding carboxylic acids is 1. The van der Waals surface area contributed by atoms with E-state index >= 15 is 0 Å². The number of anilines is 1. The summed E-state index contributed by atoms with van der Waals surface area (Å²) in [5.41, 5.74) is 0.269. The zero-order valence-corrected chi connectivity index (χ0v) is 10.7. The van der Waals surface area contributed by atoms with Crippen LogP contribution in [0, 0.1) is 17.6 Å². The summed E-state index contributed by atoms with van der Waals surface area (Å²) in [6.07, 6.45) is 0.367. The van der Waals surface area contributed by atoms with Crippen LogP contribution in [0.5, 0.6) is 5.75 Å². The molecule has 1 saturated heterocycles. The molecule has 1 aliphatic rings. The number of hydrogen-bond donors (Lipinski definition) is 1. The molecule has 0 N–H and O–H groups in total. The molecular weight excluding hydrogens is 260 g/mol. The number of hydrogen-bond acceptors (Lipinski definition) is 3. The third kappa shape index (κ3) is 2.29. The number of amides is 1. The number of benzene rings is 1. The molecule has 1 aliphatic heterocycles. The Balaban J connectivity index is 2.38. The first-order chi connectivity index (χ1) is 8.56. The van der Waals surface area contributed by atoms with Crippen LogP contribution in [0.4, 0.5) is 14.5 Å². The molecule has 18 heavy (non-hydrogen) atoms. The van der Waals surface area contributed by atoms with Crippen molar-refractivity contribution < 1.29 is 18.3 Å². The van der Waals surface area contributed by atoms with Crippen LogP contribution >= 0.6 is 12.6 Å². The van der Waals surface area contributed by atoms with Gasteiger partial charge >= 0.3 is 0 Å². The van der Waals surface area contributed by atoms with Crippen molar-refractivity contribution in [1.29, 1.82) is 0 Å². The fourth-order valence-electron chi connectivity index (χ4n) is 2.03. The first-order valence-electron chi connectivity index (χ1n) is 5.51. The maximum absolute atomic E-state index is 13.3. The molecule has 1 fully saturated rings. The predicted octanol–water partition coefficient (Wildman–Crippen LogP) is 2.26. The van der Waals surface area contributed by atoms with Crippen LogP contribution in [0.1, 0.15) is 6.42 Å². The second kappa shape index (κ2) is 5.14. The van der Waals surface area contributed by atoms with Crippen LogP contribution in [-0.4, -0.2) is 25.3 Å². The van der Waals surface area contributed by atoms with E-state index in [1.54, 1.807) is 0 Å². The zero-order valence-electron chi connectivity index (χ0n) is 9.82. The Bertz CT molecular complexity index is 481. The fourth-order valence-corrected chi connectivity index (χ4v) is 2.27. The van der Waals surface area contributed by atoms with E-state index in [1.165, 1.54) is 12.0 Å². The number of thiol groups is 1. The summed E-state index contributed by atoms with van der Waals surface area (Å²) in [4.78, 5) is 13.2. The molecule has 0 bridgehead atoms. The molecule has 2 rings (SSSR count). The number of ether oxygens (including phenoxy) is 1. The Hall–Kier alpha value is -1.30. The highest BCUT2D eigenvalue weighted by atomic mass is 32.1. The lowest BCUT2D eigenvalue weighted by Crippen LogP contribution is -2.25. The van der Waals surface area contributed by atoms with Gasteiger partial charge in [-0.3, -0.25) is 4.79 Å². The van der Waals surface area contributed by atoms with Gasteiger partial charge in [-0.1, -0.05) is 0 Å². The summed E-state index contributed by atoms with van der Waals surface area (Å²) in [5.74, 6) is -1.26. The van der Waals surface area contributed by atoms with Gasteiger partial charge in [-0.05, 0) is 11.7 Å². The number of rotatable bonds is 3. The number of carbonyl (C=O) groups is 1. The largest absolute Gasteiger partial charge is 0.494 e. The second-order valence-corrected chi connectivity index (χ2v) is 4.56. The lowest BCUT2D eigenvalue weighted by atomic mass is 10.1. The van der Waals surface area contributed by atoms with Gasteiger partial charge in [0.05, 0.1) is 12.8 Å². The van der Waals surface area contributed by atoms with E-state index < -0.39 is 11.6 Å². The Morgan fingerprint density at radius 3 is 2.67 bits per heavy atom. The van der Waals surface area contributed by atoms with E-state index in [4.69, 9.17) is 4.74 Å². The summed E-state index contributed by atoms with van der Waals surface area (Å²) in [6.45, 7) is 0.448. The highest BCUT2D eigenvalue weighted by Crippen LogP contribution is 2.34. The van der Waals surface area contributed by atoms with Crippen molar-refractivity contribution in [1.82, 2.24) is 0 Å². The molecule has 0 aliphatic carbocycles. The molecule has 98 valence electrons. The van der Waals surface area contributed by atoms with E-state index in [-0.39, 0.29) is 23.3 Å². The summed E-state index contributed by atoms with van der Waals surface area (Å²) in [5, 5.41) is 0. The highest BCUT2D eigenvalue weighted by Gasteiger charge is 2.32. The molecule has 0 aromatic heterocycles. The SMILES string of the molecule is COc1cc(F)c(F)cc1N1CC(CS)CC1=O. The second-order valence-electron chi connectivity index (χ2n) is 4.20. The van der Waals surface area contributed by atoms with E-state index in [9.17, 15) is 13.6 Å². The third-order valence-corrected chi connectivity index (χ3v) is 3.49. The van der Waals surface area contributed by atoms with Gasteiger partial charge < -0.3 is 9.64 Å². The van der Waals surface area contributed by atoms with Crippen LogP contribution in [0.2, 0.25) is 0 Å². The van der Waals surface area contributed by atoms with Crippen LogP contribution in [0.25, 0.3) is 0 Å². The molecule has 1 aromatic carbocycles. The minimum absolute atomic E-state index is 0.124. The van der Waals surface area contributed by atoms with Crippen LogP contribution in [0.3, 0.4) is 0 Å². The maximum Gasteiger partial charge on any atom is 0.227 e. The predicted molar refractivity (Wildman–Crippen MR) is 67.2 cm³/mol. The molecule has 6 heteroatoms. The van der Waals surface area contributed by atoms with Crippen molar-refractivity contribution in [2.24, 2.45) is 5.92 Å². The highest BCUT2D eigenvalue weighted by molar-refractivity contribution is 7.80. The normalized spacial score (nSPS) is 19.4. The van der Waals surface area contributed by atoms with Gasteiger partial charge in [-0.15, -0.1) is 0 Å². The van der Waals surface area contributed by atoms with E-state index in [2.05, 4.69) is 12.6 Å². The molecule has 1 atom stereocenters. The third-order valence-electron chi connectivity index (χ3n) is 2.98. The summed E-state index contributed by atoms with van der Waals surface area (Å²) >= 11 is 4.15. The Morgan fingerprint density at radius 1 is 1.44 bits per heavy atom. The number of halogens is 2. The topological polar surface area (TPSA) is 29.5 Å². The van der Waals surface area contributed by atoms with Gasteiger partial charge in [0.1, 0.15) is 5.75 Å². The van der Waals surface area contributed by atoms with Gasteiger partial charge in [-0.25, -0.2) is 8.78 Å². The van der Waals surface area contributed by atoms with Gasteiger partial charge in [-0.2, -0.15) is 12.6 Å². The van der Waals surface area contributed by atoms with Crippen molar-refractivity contribution in [3.05, 3.63) is 23.8 Å². The molecule has 0 saturated carbocycles. The van der Waals surface area contributed by atoms with Crippen LogP contribution in [-0.2, 0) is 4.79 Å². The van der Waals surface area contributed by atoms with Crippen molar-refractivity contribution in [2.45, 2.75) is 6.42 Å². The Kier molecular flexibility index (Phi) is 3.75. The molecule has 1 aromatic rings. The minimum atomic E-state index is -0.993. The fraction of sp³-hybridized carbons (Fsp3) is 0.417. The minimum Gasteiger partial charge on any atom is -0.494 e. The number of methoxy groups -OCH3 is 1. The van der Waals surface area contributed by atoms with Crippen LogP contribution in [0.15, 0.2) is 12.1 Å². The van der Waals surface area contributed by atoms with E-state index in [0.29, 0.717) is 18.7 Å². The first kappa shape index (κ1) is 13.1. The molecule has 0 spiro atoms. The molecule has 1 amide bonds. The average Bonchev–Trinajstić information content (AvgIpc) is 2.73. The maximum atomic E-state index is 13.3. The average molecular weight is 273 g/mol. The smallest absolute Gasteiger partial charge is 0.227 e. The standard InChI is InChI=1S/C12H13F2NO2S/c1-17-11-4-9(14)8(13)3-10(11)15-5-7(6-18)2-12(15)16/h3-4,7,18H,2,5-6H2,1H3. The monoisotopic (exact) mass is 273 g/mol. The molecule has 1 heterocycles. The summed E-state index contributed by atoms with van der Waals surface area (Å²) < 4.78 is 31.4. The van der Waals surface area contributed by atoms with Crippen molar-refractivity contribution >= 4 is 24.2 Å². The summed E-state index contributed by atoms with van der Waals surface area (Å²) in [6, 6.07) is 1.94. The van der Waals surface area contributed by atoms with Crippen molar-refractivity contribution in [2.75, 3.05) is 24.3 Å². The van der Waals surface area contributed by atoms with Crippen molar-refractivity contribution in [3.8, 4) is 5.75 Å². The molecule has 0 radical (unpaired) electrons. The van der Waals surface area contributed by atoms with Gasteiger partial charge in [0.2, 0.25) is 5.91 Å². The van der Waals surface area contributed by atoms with Gasteiger partial charge in [0.15, 0.2) is 11.6 Å². The van der Waals surface area contributed by atoms with Crippen LogP contribution < -0.4 is 9.64 Å². The van der Waals surface area contributed by atoms with Gasteiger partial charge in [0, 0.05) is 25.1 Å². The number of nitrogens with zero attached hydrogens (tertiary/aromatic N) is 1. The lowest BCUT2D eigenvalue weighted by Gasteiger charge is -2.19. The summed E-state index contributed by atoms with van der Waals surface area (Å²) in [7, 11) is 1.35. The van der Waals surface area contributed by atoms with Crippen molar-refractivity contribution in [3.63, 3.8) is 0 Å². The Labute approximate surface area is 109 Å². The molecular formula is C12H13F2NO2S. The molecule has 3 nitrogen and oxygen atoms in total.